The maximum absolute atomic E-state index is 13.5. The van der Waals surface area contributed by atoms with E-state index in [0.717, 1.165) is 24.0 Å². The Hall–Kier alpha value is -2.66. The first-order chi connectivity index (χ1) is 13.6. The van der Waals surface area contributed by atoms with Gasteiger partial charge in [0.1, 0.15) is 6.61 Å². The molecule has 2 aliphatic rings. The normalized spacial score (nSPS) is 22.6. The van der Waals surface area contributed by atoms with Crippen molar-refractivity contribution in [1.29, 1.82) is 0 Å². The molecule has 0 unspecified atom stereocenters. The molecule has 2 amide bonds. The molecule has 0 bridgehead atoms. The first kappa shape index (κ1) is 18.7. The Balaban J connectivity index is 1.60. The Labute approximate surface area is 165 Å². The lowest BCUT2D eigenvalue weighted by molar-refractivity contribution is -0.167. The molecule has 2 aliphatic heterocycles. The van der Waals surface area contributed by atoms with E-state index in [1.165, 1.54) is 11.1 Å². The lowest BCUT2D eigenvalue weighted by Crippen LogP contribution is -2.54. The second kappa shape index (κ2) is 7.76. The zero-order valence-corrected chi connectivity index (χ0v) is 16.4. The van der Waals surface area contributed by atoms with Gasteiger partial charge in [0, 0.05) is 20.1 Å². The van der Waals surface area contributed by atoms with Crippen LogP contribution in [0.1, 0.15) is 28.3 Å². The molecule has 2 aromatic carbocycles. The minimum absolute atomic E-state index is 0.0274. The van der Waals surface area contributed by atoms with Crippen LogP contribution >= 0.6 is 0 Å². The number of likely N-dealkylation sites (N-methyl/N-ethyl adjacent to an activating group) is 1. The maximum Gasteiger partial charge on any atom is 0.254 e. The van der Waals surface area contributed by atoms with Crippen molar-refractivity contribution in [2.75, 3.05) is 26.7 Å². The van der Waals surface area contributed by atoms with Gasteiger partial charge in [-0.25, -0.2) is 0 Å². The molecule has 0 radical (unpaired) electrons. The quantitative estimate of drug-likeness (QED) is 0.807. The van der Waals surface area contributed by atoms with Gasteiger partial charge in [-0.3, -0.25) is 9.59 Å². The van der Waals surface area contributed by atoms with Crippen molar-refractivity contribution >= 4 is 11.8 Å². The van der Waals surface area contributed by atoms with Gasteiger partial charge in [0.15, 0.2) is 6.10 Å². The van der Waals surface area contributed by atoms with E-state index < -0.39 is 12.1 Å². The topological polar surface area (TPSA) is 49.9 Å². The second-order valence-corrected chi connectivity index (χ2v) is 7.63. The number of morpholine rings is 1. The number of nitrogens with zero attached hydrogens (tertiary/aromatic N) is 2. The van der Waals surface area contributed by atoms with Crippen LogP contribution in [-0.4, -0.2) is 54.5 Å². The van der Waals surface area contributed by atoms with Crippen molar-refractivity contribution in [3.8, 4) is 0 Å². The van der Waals surface area contributed by atoms with E-state index in [1.807, 2.05) is 36.1 Å². The number of ether oxygens (including phenoxy) is 1. The fourth-order valence-electron chi connectivity index (χ4n) is 4.28. The third-order valence-electron chi connectivity index (χ3n) is 5.97. The summed E-state index contributed by atoms with van der Waals surface area (Å²) >= 11 is 0. The van der Waals surface area contributed by atoms with Crippen molar-refractivity contribution in [3.63, 3.8) is 0 Å². The largest absolute Gasteiger partial charge is 0.356 e. The number of carbonyl (C=O) groups is 2. The highest BCUT2D eigenvalue weighted by molar-refractivity contribution is 5.86. The summed E-state index contributed by atoms with van der Waals surface area (Å²) in [5.74, 6) is -0.124. The van der Waals surface area contributed by atoms with Crippen LogP contribution in [0.3, 0.4) is 0 Å². The Kier molecular flexibility index (Phi) is 5.18. The van der Waals surface area contributed by atoms with E-state index in [-0.39, 0.29) is 18.4 Å². The minimum atomic E-state index is -0.676. The molecule has 2 heterocycles. The summed E-state index contributed by atoms with van der Waals surface area (Å²) < 4.78 is 5.83. The zero-order chi connectivity index (χ0) is 19.7. The van der Waals surface area contributed by atoms with E-state index in [4.69, 9.17) is 4.74 Å². The summed E-state index contributed by atoms with van der Waals surface area (Å²) in [4.78, 5) is 29.4. The molecule has 1 saturated heterocycles. The summed E-state index contributed by atoms with van der Waals surface area (Å²) in [6, 6.07) is 15.9. The molecule has 2 atom stereocenters. The molecule has 1 fully saturated rings. The van der Waals surface area contributed by atoms with Gasteiger partial charge in [-0.15, -0.1) is 0 Å². The average Bonchev–Trinajstić information content (AvgIpc) is 2.93. The summed E-state index contributed by atoms with van der Waals surface area (Å²) in [5, 5.41) is 0. The van der Waals surface area contributed by atoms with E-state index >= 15 is 0 Å². The van der Waals surface area contributed by atoms with Gasteiger partial charge in [-0.1, -0.05) is 48.5 Å². The smallest absolute Gasteiger partial charge is 0.254 e. The minimum Gasteiger partial charge on any atom is -0.356 e. The van der Waals surface area contributed by atoms with Crippen LogP contribution in [0.4, 0.5) is 0 Å². The number of amides is 2. The monoisotopic (exact) mass is 378 g/mol. The Morgan fingerprint density at radius 1 is 1.00 bits per heavy atom. The van der Waals surface area contributed by atoms with Gasteiger partial charge < -0.3 is 14.5 Å². The van der Waals surface area contributed by atoms with Gasteiger partial charge in [-0.05, 0) is 42.0 Å². The summed E-state index contributed by atoms with van der Waals surface area (Å²) in [6.45, 7) is 3.30. The Morgan fingerprint density at radius 3 is 2.25 bits per heavy atom. The molecule has 0 saturated carbocycles. The van der Waals surface area contributed by atoms with Crippen LogP contribution < -0.4 is 0 Å². The summed E-state index contributed by atoms with van der Waals surface area (Å²) in [6.07, 6.45) is 1.02. The average molecular weight is 378 g/mol. The van der Waals surface area contributed by atoms with Crippen LogP contribution in [0.5, 0.6) is 0 Å². The molecule has 0 N–H and O–H groups in total. The SMILES string of the molecule is Cc1ccccc1[C@@H]1[C@@H](C(=O)N2CCc3ccccc3CC2)OCC(=O)N1C. The number of rotatable bonds is 2. The molecular formula is C23H26N2O3. The number of fused-ring (bicyclic) bond motifs is 1. The van der Waals surface area contributed by atoms with Gasteiger partial charge in [0.2, 0.25) is 5.91 Å². The van der Waals surface area contributed by atoms with Gasteiger partial charge >= 0.3 is 0 Å². The van der Waals surface area contributed by atoms with Gasteiger partial charge in [-0.2, -0.15) is 0 Å². The molecule has 146 valence electrons. The predicted octanol–water partition coefficient (Wildman–Crippen LogP) is 2.52. The van der Waals surface area contributed by atoms with Crippen LogP contribution in [0, 0.1) is 6.92 Å². The highest BCUT2D eigenvalue weighted by Crippen LogP contribution is 2.32. The molecule has 5 nitrogen and oxygen atoms in total. The van der Waals surface area contributed by atoms with Crippen molar-refractivity contribution in [2.45, 2.75) is 31.9 Å². The van der Waals surface area contributed by atoms with E-state index in [1.54, 1.807) is 11.9 Å². The highest BCUT2D eigenvalue weighted by atomic mass is 16.5. The summed E-state index contributed by atoms with van der Waals surface area (Å²) in [5.41, 5.74) is 4.64. The highest BCUT2D eigenvalue weighted by Gasteiger charge is 2.42. The summed E-state index contributed by atoms with van der Waals surface area (Å²) in [7, 11) is 1.76. The van der Waals surface area contributed by atoms with Crippen molar-refractivity contribution in [1.82, 2.24) is 9.80 Å². The fourth-order valence-corrected chi connectivity index (χ4v) is 4.28. The van der Waals surface area contributed by atoms with Crippen molar-refractivity contribution < 1.29 is 14.3 Å². The molecule has 2 aromatic rings. The Morgan fingerprint density at radius 2 is 1.61 bits per heavy atom. The fraction of sp³-hybridized carbons (Fsp3) is 0.391. The number of benzene rings is 2. The molecule has 28 heavy (non-hydrogen) atoms. The van der Waals surface area contributed by atoms with Crippen LogP contribution in [0.15, 0.2) is 48.5 Å². The van der Waals surface area contributed by atoms with Crippen LogP contribution in [-0.2, 0) is 27.2 Å². The Bertz CT molecular complexity index is 868. The lowest BCUT2D eigenvalue weighted by Gasteiger charge is -2.40. The number of hydrogen-bond acceptors (Lipinski definition) is 3. The molecule has 0 aromatic heterocycles. The third-order valence-corrected chi connectivity index (χ3v) is 5.97. The van der Waals surface area contributed by atoms with Gasteiger partial charge in [0.25, 0.3) is 5.91 Å². The molecule has 4 rings (SSSR count). The van der Waals surface area contributed by atoms with E-state index in [2.05, 4.69) is 24.3 Å². The van der Waals surface area contributed by atoms with Gasteiger partial charge in [0.05, 0.1) is 6.04 Å². The zero-order valence-electron chi connectivity index (χ0n) is 16.4. The molecule has 0 aliphatic carbocycles. The lowest BCUT2D eigenvalue weighted by atomic mass is 9.93. The molecular weight excluding hydrogens is 352 g/mol. The van der Waals surface area contributed by atoms with E-state index in [0.29, 0.717) is 13.1 Å². The first-order valence-corrected chi connectivity index (χ1v) is 9.84. The van der Waals surface area contributed by atoms with Crippen LogP contribution in [0.2, 0.25) is 0 Å². The standard InChI is InChI=1S/C23H26N2O3/c1-16-7-3-6-10-19(16)21-22(28-15-20(26)24(21)2)23(27)25-13-11-17-8-4-5-9-18(17)12-14-25/h3-10,21-22H,11-15H2,1-2H3/t21-,22+/m1/s1. The third kappa shape index (κ3) is 3.42. The maximum atomic E-state index is 13.5. The predicted molar refractivity (Wildman–Crippen MR) is 107 cm³/mol. The number of carbonyl (C=O) groups excluding carboxylic acids is 2. The van der Waals surface area contributed by atoms with Crippen LogP contribution in [0.25, 0.3) is 0 Å². The number of aryl methyl sites for hydroxylation is 1. The molecule has 0 spiro atoms. The van der Waals surface area contributed by atoms with Crippen molar-refractivity contribution in [2.24, 2.45) is 0 Å². The number of hydrogen-bond donors (Lipinski definition) is 0. The second-order valence-electron chi connectivity index (χ2n) is 7.63. The molecule has 5 heteroatoms. The van der Waals surface area contributed by atoms with Crippen molar-refractivity contribution in [3.05, 3.63) is 70.8 Å². The first-order valence-electron chi connectivity index (χ1n) is 9.84. The van der Waals surface area contributed by atoms with E-state index in [9.17, 15) is 9.59 Å².